The average Bonchev–Trinajstić information content (AvgIpc) is 2.82. The van der Waals surface area contributed by atoms with Gasteiger partial charge in [-0.2, -0.15) is 0 Å². The van der Waals surface area contributed by atoms with Crippen LogP contribution in [0.3, 0.4) is 0 Å². The van der Waals surface area contributed by atoms with Gasteiger partial charge >= 0.3 is 5.97 Å². The number of hydrogen-bond donors (Lipinski definition) is 2. The van der Waals surface area contributed by atoms with Gasteiger partial charge in [0.15, 0.2) is 6.61 Å². The van der Waals surface area contributed by atoms with Crippen molar-refractivity contribution in [2.24, 2.45) is 0 Å². The Morgan fingerprint density at radius 1 is 0.735 bits per heavy atom. The van der Waals surface area contributed by atoms with Gasteiger partial charge in [-0.05, 0) is 67.1 Å². The molecule has 0 aliphatic carbocycles. The maximum Gasteiger partial charge on any atom is 0.306 e. The Hall–Kier alpha value is -3.55. The summed E-state index contributed by atoms with van der Waals surface area (Å²) in [7, 11) is 0. The quantitative estimate of drug-likeness (QED) is 0.329. The molecule has 3 aromatic carbocycles. The molecule has 0 atom stereocenters. The maximum atomic E-state index is 12.1. The zero-order valence-corrected chi connectivity index (χ0v) is 19.6. The third-order valence-electron chi connectivity index (χ3n) is 4.48. The zero-order chi connectivity index (χ0) is 24.3. The smallest absolute Gasteiger partial charge is 0.306 e. The predicted molar refractivity (Wildman–Crippen MR) is 131 cm³/mol. The zero-order valence-electron chi connectivity index (χ0n) is 18.1. The van der Waals surface area contributed by atoms with Gasteiger partial charge in [0.1, 0.15) is 11.5 Å². The first-order valence-corrected chi connectivity index (χ1v) is 11.2. The van der Waals surface area contributed by atoms with E-state index in [-0.39, 0.29) is 25.2 Å². The van der Waals surface area contributed by atoms with E-state index in [1.54, 1.807) is 72.8 Å². The number of carbonyl (C=O) groups excluding carboxylic acids is 3. The topological polar surface area (TPSA) is 93.7 Å². The minimum Gasteiger partial charge on any atom is -0.457 e. The Morgan fingerprint density at radius 3 is 2.06 bits per heavy atom. The normalized spacial score (nSPS) is 10.3. The lowest BCUT2D eigenvalue weighted by Crippen LogP contribution is -2.21. The molecular weight excluding hydrogens is 479 g/mol. The monoisotopic (exact) mass is 500 g/mol. The van der Waals surface area contributed by atoms with Crippen LogP contribution in [0.1, 0.15) is 19.3 Å². The minimum absolute atomic E-state index is 0.0145. The summed E-state index contributed by atoms with van der Waals surface area (Å²) in [4.78, 5) is 35.8. The summed E-state index contributed by atoms with van der Waals surface area (Å²) in [6, 6.07) is 20.6. The van der Waals surface area contributed by atoms with Crippen molar-refractivity contribution in [1.29, 1.82) is 0 Å². The molecule has 0 aliphatic rings. The number of carbonyl (C=O) groups is 3. The van der Waals surface area contributed by atoms with Crippen molar-refractivity contribution in [3.05, 3.63) is 82.8 Å². The Labute approximate surface area is 207 Å². The molecule has 0 fully saturated rings. The number of ether oxygens (including phenoxy) is 2. The Balaban J connectivity index is 1.33. The van der Waals surface area contributed by atoms with Crippen molar-refractivity contribution in [2.75, 3.05) is 17.2 Å². The second-order valence-electron chi connectivity index (χ2n) is 7.17. The van der Waals surface area contributed by atoms with E-state index in [2.05, 4.69) is 10.6 Å². The van der Waals surface area contributed by atoms with Crippen LogP contribution < -0.4 is 15.4 Å². The van der Waals surface area contributed by atoms with Crippen LogP contribution in [-0.4, -0.2) is 24.4 Å². The van der Waals surface area contributed by atoms with E-state index in [9.17, 15) is 14.4 Å². The summed E-state index contributed by atoms with van der Waals surface area (Å²) in [5, 5.41) is 6.33. The molecule has 176 valence electrons. The van der Waals surface area contributed by atoms with E-state index in [4.69, 9.17) is 32.7 Å². The van der Waals surface area contributed by atoms with Gasteiger partial charge in [-0.3, -0.25) is 14.4 Å². The molecule has 34 heavy (non-hydrogen) atoms. The molecule has 7 nitrogen and oxygen atoms in total. The van der Waals surface area contributed by atoms with E-state index in [1.807, 2.05) is 0 Å². The average molecular weight is 501 g/mol. The van der Waals surface area contributed by atoms with E-state index >= 15 is 0 Å². The van der Waals surface area contributed by atoms with Crippen molar-refractivity contribution >= 4 is 52.4 Å². The van der Waals surface area contributed by atoms with Crippen molar-refractivity contribution in [1.82, 2.24) is 0 Å². The van der Waals surface area contributed by atoms with Gasteiger partial charge in [0.2, 0.25) is 5.91 Å². The highest BCUT2D eigenvalue weighted by atomic mass is 35.5. The molecule has 0 aliphatic heterocycles. The van der Waals surface area contributed by atoms with Crippen LogP contribution in [0.25, 0.3) is 0 Å². The fraction of sp³-hybridized carbons (Fsp3) is 0.160. The van der Waals surface area contributed by atoms with Gasteiger partial charge in [-0.15, -0.1) is 0 Å². The molecule has 2 N–H and O–H groups in total. The van der Waals surface area contributed by atoms with Crippen LogP contribution in [-0.2, 0) is 19.1 Å². The fourth-order valence-corrected chi connectivity index (χ4v) is 3.14. The first kappa shape index (κ1) is 25.1. The number of para-hydroxylation sites is 1. The molecule has 0 unspecified atom stereocenters. The van der Waals surface area contributed by atoms with Gasteiger partial charge in [0.25, 0.3) is 5.91 Å². The third-order valence-corrected chi connectivity index (χ3v) is 5.07. The Morgan fingerprint density at radius 2 is 1.38 bits per heavy atom. The highest BCUT2D eigenvalue weighted by Gasteiger charge is 2.11. The number of benzene rings is 3. The summed E-state index contributed by atoms with van der Waals surface area (Å²) >= 11 is 11.8. The molecule has 0 radical (unpaired) electrons. The van der Waals surface area contributed by atoms with Gasteiger partial charge in [0.05, 0.1) is 10.7 Å². The second-order valence-corrected chi connectivity index (χ2v) is 8.01. The van der Waals surface area contributed by atoms with Crippen LogP contribution in [0.2, 0.25) is 10.0 Å². The molecule has 0 bridgehead atoms. The summed E-state index contributed by atoms with van der Waals surface area (Å²) in [6.45, 7) is -0.430. The largest absolute Gasteiger partial charge is 0.457 e. The second kappa shape index (κ2) is 12.6. The van der Waals surface area contributed by atoms with Crippen LogP contribution in [0, 0.1) is 0 Å². The lowest BCUT2D eigenvalue weighted by molar-refractivity contribution is -0.147. The number of anilines is 2. The SMILES string of the molecule is O=C(CCCC(=O)OCC(=O)Nc1ccccc1Cl)Nc1ccc(Oc2ccc(Cl)cc2)cc1. The maximum absolute atomic E-state index is 12.1. The van der Waals surface area contributed by atoms with E-state index in [0.29, 0.717) is 32.9 Å². The van der Waals surface area contributed by atoms with E-state index in [0.717, 1.165) is 0 Å². The summed E-state index contributed by atoms with van der Waals surface area (Å²) in [6.07, 6.45) is 0.430. The Kier molecular flexibility index (Phi) is 9.31. The number of hydrogen-bond acceptors (Lipinski definition) is 5. The number of esters is 1. The minimum atomic E-state index is -0.564. The Bertz CT molecular complexity index is 1130. The molecule has 0 aromatic heterocycles. The first-order valence-electron chi connectivity index (χ1n) is 10.4. The standard InChI is InChI=1S/C25H22Cl2N2O5/c26-17-8-12-19(13-9-17)34-20-14-10-18(11-15-20)28-23(30)6-3-7-25(32)33-16-24(31)29-22-5-2-1-4-21(22)27/h1-2,4-5,8-15H,3,6-7,16H2,(H,28,30)(H,29,31). The molecule has 2 amide bonds. The number of halogens is 2. The van der Waals surface area contributed by atoms with Crippen LogP contribution >= 0.6 is 23.2 Å². The molecule has 0 saturated heterocycles. The summed E-state index contributed by atoms with van der Waals surface area (Å²) in [5.74, 6) is -0.0415. The third kappa shape index (κ3) is 8.42. The molecule has 0 heterocycles. The van der Waals surface area contributed by atoms with Crippen LogP contribution in [0.5, 0.6) is 11.5 Å². The molecular formula is C25H22Cl2N2O5. The summed E-state index contributed by atoms with van der Waals surface area (Å²) in [5.41, 5.74) is 1.04. The van der Waals surface area contributed by atoms with E-state index in [1.165, 1.54) is 0 Å². The van der Waals surface area contributed by atoms with E-state index < -0.39 is 18.5 Å². The highest BCUT2D eigenvalue weighted by Crippen LogP contribution is 2.24. The van der Waals surface area contributed by atoms with Gasteiger partial charge in [0, 0.05) is 23.6 Å². The highest BCUT2D eigenvalue weighted by molar-refractivity contribution is 6.33. The van der Waals surface area contributed by atoms with Crippen LogP contribution in [0.15, 0.2) is 72.8 Å². The molecule has 9 heteroatoms. The van der Waals surface area contributed by atoms with Gasteiger partial charge in [-0.1, -0.05) is 35.3 Å². The van der Waals surface area contributed by atoms with Crippen LogP contribution in [0.4, 0.5) is 11.4 Å². The molecule has 0 saturated carbocycles. The summed E-state index contributed by atoms with van der Waals surface area (Å²) < 4.78 is 10.6. The molecule has 0 spiro atoms. The number of amides is 2. The van der Waals surface area contributed by atoms with Crippen molar-refractivity contribution < 1.29 is 23.9 Å². The van der Waals surface area contributed by atoms with Gasteiger partial charge in [-0.25, -0.2) is 0 Å². The number of nitrogens with one attached hydrogen (secondary N) is 2. The first-order chi connectivity index (χ1) is 16.4. The van der Waals surface area contributed by atoms with Gasteiger partial charge < -0.3 is 20.1 Å². The number of rotatable bonds is 10. The lowest BCUT2D eigenvalue weighted by atomic mass is 10.2. The molecule has 3 rings (SSSR count). The molecule has 3 aromatic rings. The predicted octanol–water partition coefficient (Wildman–Crippen LogP) is 6.08. The lowest BCUT2D eigenvalue weighted by Gasteiger charge is -2.09. The van der Waals surface area contributed by atoms with Crippen molar-refractivity contribution in [3.63, 3.8) is 0 Å². The van der Waals surface area contributed by atoms with Crippen molar-refractivity contribution in [3.8, 4) is 11.5 Å². The van der Waals surface area contributed by atoms with Crippen molar-refractivity contribution in [2.45, 2.75) is 19.3 Å². The fourth-order valence-electron chi connectivity index (χ4n) is 2.83.